The van der Waals surface area contributed by atoms with Crippen molar-refractivity contribution >= 4 is 17.0 Å². The Morgan fingerprint density at radius 3 is 2.71 bits per heavy atom. The Morgan fingerprint density at radius 1 is 1.29 bits per heavy atom. The fraction of sp³-hybridized carbons (Fsp3) is 0.500. The lowest BCUT2D eigenvalue weighted by Crippen LogP contribution is -2.37. The van der Waals surface area contributed by atoms with Gasteiger partial charge in [0.05, 0.1) is 11.0 Å². The molecule has 114 valence electrons. The summed E-state index contributed by atoms with van der Waals surface area (Å²) in [7, 11) is 0. The lowest BCUT2D eigenvalue weighted by atomic mass is 10.3. The summed E-state index contributed by atoms with van der Waals surface area (Å²) in [6.45, 7) is 9.69. The molecule has 0 atom stereocenters. The lowest BCUT2D eigenvalue weighted by Gasteiger charge is -2.19. The van der Waals surface area contributed by atoms with E-state index in [0.29, 0.717) is 5.96 Å². The molecule has 0 bridgehead atoms. The van der Waals surface area contributed by atoms with Gasteiger partial charge in [-0.15, -0.1) is 0 Å². The molecular formula is C16H25N5. The Balaban J connectivity index is 1.97. The third-order valence-electron chi connectivity index (χ3n) is 3.75. The molecule has 0 aliphatic rings. The van der Waals surface area contributed by atoms with Crippen LogP contribution in [0.15, 0.2) is 29.3 Å². The van der Waals surface area contributed by atoms with E-state index in [0.717, 1.165) is 43.9 Å². The minimum atomic E-state index is 0.646. The summed E-state index contributed by atoms with van der Waals surface area (Å²) in [5, 5.41) is 0. The van der Waals surface area contributed by atoms with Crippen molar-refractivity contribution in [3.05, 3.63) is 30.1 Å². The first-order valence-electron chi connectivity index (χ1n) is 7.64. The van der Waals surface area contributed by atoms with Crippen molar-refractivity contribution in [2.75, 3.05) is 19.6 Å². The largest absolute Gasteiger partial charge is 0.370 e. The second-order valence-electron chi connectivity index (χ2n) is 5.07. The second-order valence-corrected chi connectivity index (χ2v) is 5.07. The van der Waals surface area contributed by atoms with Crippen LogP contribution in [-0.4, -0.2) is 40.0 Å². The highest BCUT2D eigenvalue weighted by atomic mass is 15.2. The molecule has 2 aromatic rings. The number of guanidine groups is 1. The number of benzene rings is 1. The Hall–Kier alpha value is -2.04. The topological polar surface area (TPSA) is 59.4 Å². The van der Waals surface area contributed by atoms with Crippen molar-refractivity contribution < 1.29 is 0 Å². The average molecular weight is 287 g/mol. The van der Waals surface area contributed by atoms with Crippen molar-refractivity contribution in [3.63, 3.8) is 0 Å². The molecule has 2 N–H and O–H groups in total. The predicted molar refractivity (Wildman–Crippen MR) is 88.5 cm³/mol. The summed E-state index contributed by atoms with van der Waals surface area (Å²) in [4.78, 5) is 11.1. The summed E-state index contributed by atoms with van der Waals surface area (Å²) in [5.74, 6) is 1.70. The smallest absolute Gasteiger partial charge is 0.191 e. The van der Waals surface area contributed by atoms with E-state index in [1.807, 2.05) is 13.0 Å². The van der Waals surface area contributed by atoms with E-state index >= 15 is 0 Å². The van der Waals surface area contributed by atoms with Crippen LogP contribution in [0.25, 0.3) is 11.0 Å². The van der Waals surface area contributed by atoms with Gasteiger partial charge in [0.2, 0.25) is 0 Å². The van der Waals surface area contributed by atoms with Crippen LogP contribution in [0.1, 0.15) is 26.1 Å². The maximum atomic E-state index is 5.98. The van der Waals surface area contributed by atoms with Crippen molar-refractivity contribution in [2.45, 2.75) is 33.7 Å². The van der Waals surface area contributed by atoms with E-state index in [1.165, 1.54) is 5.52 Å². The number of aliphatic imine (C=N–C) groups is 1. The number of nitrogens with two attached hydrogens (primary N) is 1. The molecular weight excluding hydrogens is 262 g/mol. The van der Waals surface area contributed by atoms with E-state index in [9.17, 15) is 0 Å². The molecule has 0 saturated carbocycles. The predicted octanol–water partition coefficient (Wildman–Crippen LogP) is 2.39. The van der Waals surface area contributed by atoms with Gasteiger partial charge in [0, 0.05) is 26.2 Å². The number of para-hydroxylation sites is 2. The highest BCUT2D eigenvalue weighted by molar-refractivity contribution is 5.78. The summed E-state index contributed by atoms with van der Waals surface area (Å²) < 4.78 is 2.25. The Kier molecular flexibility index (Phi) is 5.20. The standard InChI is InChI=1S/C16H25N5/c1-4-20(5-2)16(17)18-11-8-12-21-13(3)19-14-9-6-7-10-15(14)21/h6-7,9-10H,4-5,8,11-12H2,1-3H3,(H2,17,18). The van der Waals surface area contributed by atoms with Crippen molar-refractivity contribution in [1.29, 1.82) is 0 Å². The number of hydrogen-bond donors (Lipinski definition) is 1. The minimum absolute atomic E-state index is 0.646. The molecule has 0 saturated heterocycles. The van der Waals surface area contributed by atoms with Crippen LogP contribution in [0, 0.1) is 6.92 Å². The summed E-state index contributed by atoms with van der Waals surface area (Å²) in [6, 6.07) is 8.24. The molecule has 0 fully saturated rings. The van der Waals surface area contributed by atoms with E-state index in [-0.39, 0.29) is 0 Å². The van der Waals surface area contributed by atoms with Gasteiger partial charge in [0.25, 0.3) is 0 Å². The quantitative estimate of drug-likeness (QED) is 0.504. The van der Waals surface area contributed by atoms with Crippen molar-refractivity contribution in [1.82, 2.24) is 14.5 Å². The highest BCUT2D eigenvalue weighted by Gasteiger charge is 2.06. The Morgan fingerprint density at radius 2 is 2.00 bits per heavy atom. The Labute approximate surface area is 126 Å². The molecule has 1 aromatic carbocycles. The second kappa shape index (κ2) is 7.11. The van der Waals surface area contributed by atoms with Crippen molar-refractivity contribution in [3.8, 4) is 0 Å². The zero-order valence-corrected chi connectivity index (χ0v) is 13.2. The molecule has 5 nitrogen and oxygen atoms in total. The SMILES string of the molecule is CCN(CC)C(N)=NCCCn1c(C)nc2ccccc21. The Bertz CT molecular complexity index is 610. The zero-order chi connectivity index (χ0) is 15.2. The summed E-state index contributed by atoms with van der Waals surface area (Å²) >= 11 is 0. The van der Waals surface area contributed by atoms with E-state index in [2.05, 4.69) is 51.5 Å². The first kappa shape index (κ1) is 15.4. The zero-order valence-electron chi connectivity index (χ0n) is 13.2. The molecule has 1 aromatic heterocycles. The van der Waals surface area contributed by atoms with E-state index in [1.54, 1.807) is 0 Å². The van der Waals surface area contributed by atoms with Gasteiger partial charge in [-0.1, -0.05) is 12.1 Å². The average Bonchev–Trinajstić information content (AvgIpc) is 2.80. The van der Waals surface area contributed by atoms with Crippen LogP contribution in [-0.2, 0) is 6.54 Å². The molecule has 0 aliphatic carbocycles. The monoisotopic (exact) mass is 287 g/mol. The molecule has 5 heteroatoms. The van der Waals surface area contributed by atoms with Crippen LogP contribution >= 0.6 is 0 Å². The number of nitrogens with zero attached hydrogens (tertiary/aromatic N) is 4. The van der Waals surface area contributed by atoms with Gasteiger partial charge in [-0.2, -0.15) is 0 Å². The number of aromatic nitrogens is 2. The molecule has 0 spiro atoms. The van der Waals surface area contributed by atoms with Crippen molar-refractivity contribution in [2.24, 2.45) is 10.7 Å². The number of imidazole rings is 1. The van der Waals surface area contributed by atoms with Crippen LogP contribution in [0.4, 0.5) is 0 Å². The molecule has 21 heavy (non-hydrogen) atoms. The van der Waals surface area contributed by atoms with Gasteiger partial charge in [-0.25, -0.2) is 4.98 Å². The maximum absolute atomic E-state index is 5.98. The molecule has 0 radical (unpaired) electrons. The summed E-state index contributed by atoms with van der Waals surface area (Å²) in [6.07, 6.45) is 0.961. The van der Waals surface area contributed by atoms with Gasteiger partial charge >= 0.3 is 0 Å². The third kappa shape index (κ3) is 3.54. The summed E-state index contributed by atoms with van der Waals surface area (Å²) in [5.41, 5.74) is 8.22. The minimum Gasteiger partial charge on any atom is -0.370 e. The fourth-order valence-electron chi connectivity index (χ4n) is 2.55. The van der Waals surface area contributed by atoms with E-state index < -0.39 is 0 Å². The fourth-order valence-corrected chi connectivity index (χ4v) is 2.55. The number of rotatable bonds is 6. The van der Waals surface area contributed by atoms with Gasteiger partial charge in [-0.3, -0.25) is 4.99 Å². The number of aryl methyl sites for hydroxylation is 2. The van der Waals surface area contributed by atoms with Gasteiger partial charge in [0.1, 0.15) is 5.82 Å². The first-order valence-corrected chi connectivity index (χ1v) is 7.64. The third-order valence-corrected chi connectivity index (χ3v) is 3.75. The van der Waals surface area contributed by atoms with Crippen LogP contribution in [0.3, 0.4) is 0 Å². The van der Waals surface area contributed by atoms with Crippen LogP contribution < -0.4 is 5.73 Å². The number of hydrogen-bond acceptors (Lipinski definition) is 2. The highest BCUT2D eigenvalue weighted by Crippen LogP contribution is 2.15. The van der Waals surface area contributed by atoms with Gasteiger partial charge in [-0.05, 0) is 39.3 Å². The van der Waals surface area contributed by atoms with Gasteiger partial charge < -0.3 is 15.2 Å². The molecule has 0 amide bonds. The van der Waals surface area contributed by atoms with Crippen LogP contribution in [0.2, 0.25) is 0 Å². The van der Waals surface area contributed by atoms with Gasteiger partial charge in [0.15, 0.2) is 5.96 Å². The lowest BCUT2D eigenvalue weighted by molar-refractivity contribution is 0.457. The number of fused-ring (bicyclic) bond motifs is 1. The molecule has 0 aliphatic heterocycles. The maximum Gasteiger partial charge on any atom is 0.191 e. The normalized spacial score (nSPS) is 12.0. The van der Waals surface area contributed by atoms with Crippen LogP contribution in [0.5, 0.6) is 0 Å². The van der Waals surface area contributed by atoms with E-state index in [4.69, 9.17) is 5.73 Å². The molecule has 2 rings (SSSR count). The molecule has 0 unspecified atom stereocenters. The first-order chi connectivity index (χ1) is 10.2. The molecule has 1 heterocycles.